The molecule has 0 N–H and O–H groups in total. The Bertz CT molecular complexity index is 3780. The van der Waals surface area contributed by atoms with E-state index >= 15 is 0 Å². The summed E-state index contributed by atoms with van der Waals surface area (Å²) < 4.78 is 4.77. The predicted octanol–water partition coefficient (Wildman–Crippen LogP) is 14.6. The van der Waals surface area contributed by atoms with Crippen LogP contribution in [0.4, 0.5) is 0 Å². The van der Waals surface area contributed by atoms with Crippen molar-refractivity contribution in [3.8, 4) is 22.8 Å². The fourth-order valence-electron chi connectivity index (χ4n) is 9.50. The van der Waals surface area contributed by atoms with Crippen LogP contribution in [0.1, 0.15) is 0 Å². The molecule has 9 aromatic carbocycles. The molecule has 0 amide bonds. The molecule has 0 aliphatic heterocycles. The third-order valence-electron chi connectivity index (χ3n) is 12.5. The Morgan fingerprint density at radius 1 is 0.258 bits per heavy atom. The lowest BCUT2D eigenvalue weighted by Gasteiger charge is -2.08. The fourth-order valence-corrected chi connectivity index (χ4v) is 9.50. The van der Waals surface area contributed by atoms with Crippen LogP contribution >= 0.6 is 0 Å². The zero-order valence-corrected chi connectivity index (χ0v) is 33.4. The van der Waals surface area contributed by atoms with E-state index in [1.807, 2.05) is 18.2 Å². The zero-order valence-electron chi connectivity index (χ0n) is 33.4. The topological polar surface area (TPSA) is 48.5 Å². The Morgan fingerprint density at radius 2 is 0.597 bits per heavy atom. The first kappa shape index (κ1) is 34.5. The van der Waals surface area contributed by atoms with E-state index in [-0.39, 0.29) is 0 Å². The monoisotopic (exact) mass is 789 g/mol. The first-order valence-electron chi connectivity index (χ1n) is 21.0. The number of fused-ring (bicyclic) bond motifs is 15. The van der Waals surface area contributed by atoms with Gasteiger partial charge in [0.15, 0.2) is 17.1 Å². The van der Waals surface area contributed by atoms with E-state index in [0.717, 1.165) is 60.3 Å². The molecule has 0 saturated heterocycles. The maximum Gasteiger partial charge on any atom is 0.164 e. The van der Waals surface area contributed by atoms with E-state index in [1.165, 1.54) is 43.4 Å². The highest BCUT2D eigenvalue weighted by molar-refractivity contribution is 6.17. The summed E-state index contributed by atoms with van der Waals surface area (Å²) in [6.45, 7) is 0. The summed E-state index contributed by atoms with van der Waals surface area (Å²) in [5.74, 6) is 0.636. The SMILES string of the molecule is c1ccc(-c2nc3nc(n2)c2cccc(c2)c2ccc4c(c2)c2cc(ccc2n4-c2ccccc2)c2ccc4c(c2)c2cc(ccc2n4-c2ccccc2)c2cccc3c2)cc1. The minimum Gasteiger partial charge on any atom is -0.309 e. The first-order valence-corrected chi connectivity index (χ1v) is 21.0. The minimum absolute atomic E-state index is 0.628. The van der Waals surface area contributed by atoms with Crippen LogP contribution in [0.5, 0.6) is 0 Å². The summed E-state index contributed by atoms with van der Waals surface area (Å²) in [4.78, 5) is 15.4. The van der Waals surface area contributed by atoms with Gasteiger partial charge in [-0.1, -0.05) is 127 Å². The van der Waals surface area contributed by atoms with Crippen LogP contribution in [-0.4, -0.2) is 24.1 Å². The Hall–Kier alpha value is -8.41. The second-order valence-electron chi connectivity index (χ2n) is 16.1. The molecule has 5 heteroatoms. The van der Waals surface area contributed by atoms with Crippen molar-refractivity contribution >= 4 is 98.0 Å². The van der Waals surface area contributed by atoms with Crippen molar-refractivity contribution < 1.29 is 0 Å². The zero-order chi connectivity index (χ0) is 40.7. The van der Waals surface area contributed by atoms with Crippen molar-refractivity contribution in [2.75, 3.05) is 0 Å². The lowest BCUT2D eigenvalue weighted by Crippen LogP contribution is -1.94. The maximum atomic E-state index is 5.20. The molecule has 288 valence electrons. The summed E-state index contributed by atoms with van der Waals surface area (Å²) in [7, 11) is 0. The normalized spacial score (nSPS) is 11.9. The van der Waals surface area contributed by atoms with Crippen molar-refractivity contribution in [2.24, 2.45) is 0 Å². The highest BCUT2D eigenvalue weighted by Crippen LogP contribution is 2.38. The van der Waals surface area contributed by atoms with E-state index in [0.29, 0.717) is 17.1 Å². The van der Waals surface area contributed by atoms with Crippen LogP contribution in [0.2, 0.25) is 0 Å². The molecule has 0 fully saturated rings. The molecule has 0 radical (unpaired) electrons. The van der Waals surface area contributed by atoms with Crippen LogP contribution < -0.4 is 0 Å². The molecular formula is C57H35N5. The van der Waals surface area contributed by atoms with Crippen LogP contribution in [0, 0.1) is 0 Å². The van der Waals surface area contributed by atoms with Crippen molar-refractivity contribution in [1.82, 2.24) is 24.1 Å². The summed E-state index contributed by atoms with van der Waals surface area (Å²) in [6.07, 6.45) is 0. The summed E-state index contributed by atoms with van der Waals surface area (Å²) in [5, 5.41) is 13.4. The predicted molar refractivity (Wildman–Crippen MR) is 259 cm³/mol. The molecule has 0 aliphatic carbocycles. The number of aromatic nitrogens is 5. The minimum atomic E-state index is 0.628. The smallest absolute Gasteiger partial charge is 0.164 e. The number of hydrogen-bond donors (Lipinski definition) is 0. The second kappa shape index (κ2) is 13.6. The van der Waals surface area contributed by atoms with Gasteiger partial charge in [-0.15, -0.1) is 0 Å². The lowest BCUT2D eigenvalue weighted by molar-refractivity contribution is 1.18. The largest absolute Gasteiger partial charge is 0.309 e. The maximum absolute atomic E-state index is 5.20. The molecule has 0 spiro atoms. The third-order valence-corrected chi connectivity index (χ3v) is 12.5. The Balaban J connectivity index is 1.22. The molecule has 13 aromatic rings. The van der Waals surface area contributed by atoms with Crippen LogP contribution in [-0.2, 0) is 0 Å². The number of rotatable bonds is 3. The summed E-state index contributed by atoms with van der Waals surface area (Å²) >= 11 is 0. The molecule has 62 heavy (non-hydrogen) atoms. The van der Waals surface area contributed by atoms with E-state index in [1.54, 1.807) is 0 Å². The average Bonchev–Trinajstić information content (AvgIpc) is 3.86. The highest BCUT2D eigenvalue weighted by atomic mass is 15.0. The average molecular weight is 790 g/mol. The molecule has 0 aliphatic rings. The number of nitrogens with zero attached hydrogens (tertiary/aromatic N) is 5. The van der Waals surface area contributed by atoms with Crippen molar-refractivity contribution in [1.29, 1.82) is 0 Å². The molecular weight excluding hydrogens is 755 g/mol. The van der Waals surface area contributed by atoms with Crippen molar-refractivity contribution in [3.63, 3.8) is 0 Å². The highest BCUT2D eigenvalue weighted by Gasteiger charge is 2.16. The summed E-state index contributed by atoms with van der Waals surface area (Å²) in [6, 6.07) is 76.3. The fraction of sp³-hybridized carbons (Fsp3) is 0. The Labute approximate surface area is 355 Å². The molecule has 0 atom stereocenters. The third kappa shape index (κ3) is 5.45. The van der Waals surface area contributed by atoms with E-state index in [9.17, 15) is 0 Å². The van der Waals surface area contributed by atoms with E-state index in [2.05, 4.69) is 203 Å². The first-order chi connectivity index (χ1) is 30.7. The number of benzene rings is 9. The van der Waals surface area contributed by atoms with Gasteiger partial charge in [0.1, 0.15) is 0 Å². The molecule has 0 saturated carbocycles. The standard InChI is InChI=1S/C57H35N5/c1-4-12-36(13-5-1)55-58-56-43-16-10-14-37(30-43)39-22-26-51-47(32-39)49-34-41(24-28-53(49)61(51)45-18-6-2-7-19-45)42-25-29-54-50(35-42)48-33-40(38-15-11-17-44(31-38)57(59-55)60-56)23-27-52(48)62(54)46-20-8-3-9-21-46/h1-35H. The molecule has 4 aromatic heterocycles. The van der Waals surface area contributed by atoms with Gasteiger partial charge in [0.05, 0.1) is 22.1 Å². The van der Waals surface area contributed by atoms with Gasteiger partial charge in [-0.05, 0) is 117 Å². The van der Waals surface area contributed by atoms with Crippen LogP contribution in [0.25, 0.3) is 121 Å². The summed E-state index contributed by atoms with van der Waals surface area (Å²) in [5.41, 5.74) is 9.11. The molecule has 0 unspecified atom stereocenters. The van der Waals surface area contributed by atoms with Gasteiger partial charge < -0.3 is 9.13 Å². The molecule has 14 bridgehead atoms. The van der Waals surface area contributed by atoms with E-state index in [4.69, 9.17) is 15.0 Å². The molecule has 13 rings (SSSR count). The Kier molecular flexibility index (Phi) is 7.54. The molecule has 5 nitrogen and oxygen atoms in total. The van der Waals surface area contributed by atoms with Gasteiger partial charge in [0.25, 0.3) is 0 Å². The van der Waals surface area contributed by atoms with Gasteiger partial charge >= 0.3 is 0 Å². The van der Waals surface area contributed by atoms with Crippen LogP contribution in [0.3, 0.4) is 0 Å². The van der Waals surface area contributed by atoms with Gasteiger partial charge in [-0.3, -0.25) is 0 Å². The van der Waals surface area contributed by atoms with E-state index < -0.39 is 0 Å². The van der Waals surface area contributed by atoms with Crippen molar-refractivity contribution in [2.45, 2.75) is 0 Å². The van der Waals surface area contributed by atoms with Crippen LogP contribution in [0.15, 0.2) is 212 Å². The Morgan fingerprint density at radius 3 is 0.984 bits per heavy atom. The second-order valence-corrected chi connectivity index (χ2v) is 16.1. The molecule has 4 heterocycles. The quantitative estimate of drug-likeness (QED) is 0.179. The van der Waals surface area contributed by atoms with Gasteiger partial charge in [-0.2, -0.15) is 0 Å². The van der Waals surface area contributed by atoms with Crippen molar-refractivity contribution in [3.05, 3.63) is 212 Å². The van der Waals surface area contributed by atoms with Gasteiger partial charge in [0.2, 0.25) is 0 Å². The number of para-hydroxylation sites is 2. The van der Waals surface area contributed by atoms with Gasteiger partial charge in [-0.25, -0.2) is 15.0 Å². The lowest BCUT2D eigenvalue weighted by atomic mass is 10.0. The number of hydrogen-bond acceptors (Lipinski definition) is 3. The van der Waals surface area contributed by atoms with Gasteiger partial charge in [0, 0.05) is 49.3 Å².